The summed E-state index contributed by atoms with van der Waals surface area (Å²) in [6.07, 6.45) is 3.30. The minimum Gasteiger partial charge on any atom is -0.481 e. The number of rotatable bonds is 4. The highest BCUT2D eigenvalue weighted by Gasteiger charge is 2.36. The lowest BCUT2D eigenvalue weighted by atomic mass is 9.92. The normalized spacial score (nSPS) is 24.7. The van der Waals surface area contributed by atoms with Gasteiger partial charge in [-0.2, -0.15) is 9.40 Å². The molecule has 0 aliphatic carbocycles. The predicted octanol–water partition coefficient (Wildman–Crippen LogP) is 0.634. The summed E-state index contributed by atoms with van der Waals surface area (Å²) in [4.78, 5) is 11.2. The number of sulfonamides is 1. The molecule has 2 heterocycles. The summed E-state index contributed by atoms with van der Waals surface area (Å²) in [6, 6.07) is 0. The van der Waals surface area contributed by atoms with E-state index in [9.17, 15) is 13.2 Å². The molecule has 0 radical (unpaired) electrons. The van der Waals surface area contributed by atoms with Gasteiger partial charge in [-0.3, -0.25) is 9.48 Å². The van der Waals surface area contributed by atoms with Crippen LogP contribution in [0.5, 0.6) is 0 Å². The van der Waals surface area contributed by atoms with Crippen LogP contribution < -0.4 is 0 Å². The fourth-order valence-corrected chi connectivity index (χ4v) is 4.04. The summed E-state index contributed by atoms with van der Waals surface area (Å²) in [7, 11) is -3.66. The number of aliphatic carboxylic acids is 1. The standard InChI is InChI=1S/C12H19N3O4S/c1-3-14-8-11(5-13-14)20(18,19)15-6-9(2)4-10(7-15)12(16)17/h5,8-10H,3-4,6-7H2,1-2H3,(H,16,17). The number of aryl methyl sites for hydroxylation is 1. The highest BCUT2D eigenvalue weighted by atomic mass is 32.2. The fourth-order valence-electron chi connectivity index (χ4n) is 2.48. The molecule has 20 heavy (non-hydrogen) atoms. The molecule has 1 saturated heterocycles. The zero-order chi connectivity index (χ0) is 14.9. The van der Waals surface area contributed by atoms with Crippen molar-refractivity contribution >= 4 is 16.0 Å². The van der Waals surface area contributed by atoms with Crippen LogP contribution in [0.1, 0.15) is 20.3 Å². The molecule has 2 rings (SSSR count). The molecule has 0 bridgehead atoms. The van der Waals surface area contributed by atoms with E-state index in [1.807, 2.05) is 13.8 Å². The SMILES string of the molecule is CCn1cc(S(=O)(=O)N2CC(C)CC(C(=O)O)C2)cn1. The highest BCUT2D eigenvalue weighted by molar-refractivity contribution is 7.89. The first-order valence-electron chi connectivity index (χ1n) is 6.60. The largest absolute Gasteiger partial charge is 0.481 e. The van der Waals surface area contributed by atoms with Crippen molar-refractivity contribution in [3.8, 4) is 0 Å². The van der Waals surface area contributed by atoms with Crippen molar-refractivity contribution in [3.63, 3.8) is 0 Å². The average molecular weight is 301 g/mol. The number of aromatic nitrogens is 2. The molecule has 2 atom stereocenters. The van der Waals surface area contributed by atoms with Crippen molar-refractivity contribution in [2.45, 2.75) is 31.7 Å². The van der Waals surface area contributed by atoms with E-state index < -0.39 is 21.9 Å². The number of piperidine rings is 1. The summed E-state index contributed by atoms with van der Waals surface area (Å²) < 4.78 is 27.8. The summed E-state index contributed by atoms with van der Waals surface area (Å²) in [5, 5.41) is 13.1. The lowest BCUT2D eigenvalue weighted by molar-refractivity contribution is -0.143. The third-order valence-corrected chi connectivity index (χ3v) is 5.33. The fraction of sp³-hybridized carbons (Fsp3) is 0.667. The monoisotopic (exact) mass is 301 g/mol. The molecule has 1 aliphatic heterocycles. The zero-order valence-corrected chi connectivity index (χ0v) is 12.4. The van der Waals surface area contributed by atoms with Crippen molar-refractivity contribution in [1.82, 2.24) is 14.1 Å². The van der Waals surface area contributed by atoms with E-state index in [4.69, 9.17) is 5.11 Å². The van der Waals surface area contributed by atoms with Gasteiger partial charge in [-0.05, 0) is 19.3 Å². The van der Waals surface area contributed by atoms with Gasteiger partial charge in [0.2, 0.25) is 10.0 Å². The Labute approximate surface area is 118 Å². The maximum atomic E-state index is 12.5. The highest BCUT2D eigenvalue weighted by Crippen LogP contribution is 2.26. The molecule has 0 aromatic carbocycles. The van der Waals surface area contributed by atoms with E-state index in [0.717, 1.165) is 0 Å². The van der Waals surface area contributed by atoms with Gasteiger partial charge in [-0.1, -0.05) is 6.92 Å². The van der Waals surface area contributed by atoms with Gasteiger partial charge in [-0.25, -0.2) is 8.42 Å². The van der Waals surface area contributed by atoms with Gasteiger partial charge in [0.15, 0.2) is 0 Å². The molecule has 112 valence electrons. The van der Waals surface area contributed by atoms with Crippen LogP contribution in [0.25, 0.3) is 0 Å². The van der Waals surface area contributed by atoms with Crippen LogP contribution in [0, 0.1) is 11.8 Å². The van der Waals surface area contributed by atoms with Gasteiger partial charge in [0.1, 0.15) is 4.90 Å². The van der Waals surface area contributed by atoms with Crippen molar-refractivity contribution in [2.24, 2.45) is 11.8 Å². The summed E-state index contributed by atoms with van der Waals surface area (Å²) in [5.74, 6) is -1.56. The van der Waals surface area contributed by atoms with Crippen LogP contribution >= 0.6 is 0 Å². The van der Waals surface area contributed by atoms with Crippen LogP contribution in [0.2, 0.25) is 0 Å². The third-order valence-electron chi connectivity index (χ3n) is 3.55. The van der Waals surface area contributed by atoms with Crippen molar-refractivity contribution in [1.29, 1.82) is 0 Å². The molecule has 2 unspecified atom stereocenters. The van der Waals surface area contributed by atoms with E-state index in [1.54, 1.807) is 0 Å². The number of carbonyl (C=O) groups is 1. The Morgan fingerprint density at radius 1 is 1.50 bits per heavy atom. The first-order chi connectivity index (χ1) is 9.34. The quantitative estimate of drug-likeness (QED) is 0.880. The maximum Gasteiger partial charge on any atom is 0.307 e. The Morgan fingerprint density at radius 3 is 2.75 bits per heavy atom. The molecule has 8 heteroatoms. The molecule has 1 aromatic rings. The molecule has 0 spiro atoms. The Balaban J connectivity index is 2.26. The van der Waals surface area contributed by atoms with Crippen molar-refractivity contribution in [2.75, 3.05) is 13.1 Å². The number of hydrogen-bond donors (Lipinski definition) is 1. The van der Waals surface area contributed by atoms with Crippen LogP contribution in [0.4, 0.5) is 0 Å². The third kappa shape index (κ3) is 2.85. The van der Waals surface area contributed by atoms with E-state index in [0.29, 0.717) is 19.5 Å². The van der Waals surface area contributed by atoms with Gasteiger partial charge in [-0.15, -0.1) is 0 Å². The molecule has 1 fully saturated rings. The molecule has 1 aliphatic rings. The second kappa shape index (κ2) is 5.53. The number of nitrogens with zero attached hydrogens (tertiary/aromatic N) is 3. The molecule has 0 saturated carbocycles. The van der Waals surface area contributed by atoms with E-state index in [-0.39, 0.29) is 17.4 Å². The summed E-state index contributed by atoms with van der Waals surface area (Å²) in [5.41, 5.74) is 0. The lowest BCUT2D eigenvalue weighted by Crippen LogP contribution is -2.45. The van der Waals surface area contributed by atoms with Crippen LogP contribution in [-0.4, -0.2) is 46.7 Å². The summed E-state index contributed by atoms with van der Waals surface area (Å²) in [6.45, 7) is 4.70. The zero-order valence-electron chi connectivity index (χ0n) is 11.6. The van der Waals surface area contributed by atoms with Crippen LogP contribution in [0.3, 0.4) is 0 Å². The van der Waals surface area contributed by atoms with E-state index in [1.165, 1.54) is 21.4 Å². The smallest absolute Gasteiger partial charge is 0.307 e. The maximum absolute atomic E-state index is 12.5. The van der Waals surface area contributed by atoms with Crippen molar-refractivity contribution in [3.05, 3.63) is 12.4 Å². The van der Waals surface area contributed by atoms with Crippen LogP contribution in [0.15, 0.2) is 17.3 Å². The Kier molecular flexibility index (Phi) is 4.14. The molecule has 1 aromatic heterocycles. The molecule has 7 nitrogen and oxygen atoms in total. The van der Waals surface area contributed by atoms with Gasteiger partial charge >= 0.3 is 5.97 Å². The second-order valence-electron chi connectivity index (χ2n) is 5.23. The molecular weight excluding hydrogens is 282 g/mol. The van der Waals surface area contributed by atoms with Gasteiger partial charge in [0.05, 0.1) is 12.1 Å². The van der Waals surface area contributed by atoms with Crippen LogP contribution in [-0.2, 0) is 21.4 Å². The lowest BCUT2D eigenvalue weighted by Gasteiger charge is -2.33. The van der Waals surface area contributed by atoms with Gasteiger partial charge in [0, 0.05) is 25.8 Å². The average Bonchev–Trinajstić information content (AvgIpc) is 2.87. The van der Waals surface area contributed by atoms with E-state index in [2.05, 4.69) is 5.10 Å². The molecule has 1 N–H and O–H groups in total. The van der Waals surface area contributed by atoms with E-state index >= 15 is 0 Å². The number of carboxylic acid groups (broad SMARTS) is 1. The Morgan fingerprint density at radius 2 is 2.20 bits per heavy atom. The first-order valence-corrected chi connectivity index (χ1v) is 8.04. The first kappa shape index (κ1) is 15.0. The molecular formula is C12H19N3O4S. The van der Waals surface area contributed by atoms with Crippen molar-refractivity contribution < 1.29 is 18.3 Å². The number of hydrogen-bond acceptors (Lipinski definition) is 4. The topological polar surface area (TPSA) is 92.5 Å². The minimum atomic E-state index is -3.66. The van der Waals surface area contributed by atoms with Gasteiger partial charge < -0.3 is 5.11 Å². The Bertz CT molecular complexity index is 596. The second-order valence-corrected chi connectivity index (χ2v) is 7.17. The Hall–Kier alpha value is -1.41. The number of carboxylic acids is 1. The minimum absolute atomic E-state index is 0.0271. The van der Waals surface area contributed by atoms with Gasteiger partial charge in [0.25, 0.3) is 0 Å². The molecule has 0 amide bonds. The predicted molar refractivity (Wildman–Crippen MR) is 71.6 cm³/mol. The summed E-state index contributed by atoms with van der Waals surface area (Å²) >= 11 is 0.